The maximum absolute atomic E-state index is 15.2. The number of ether oxygens (including phenoxy) is 17. The van der Waals surface area contributed by atoms with E-state index < -0.39 is 153 Å². The van der Waals surface area contributed by atoms with Crippen molar-refractivity contribution in [3.8, 4) is 92.6 Å². The van der Waals surface area contributed by atoms with E-state index in [0.29, 0.717) is 134 Å². The Hall–Kier alpha value is -12.5. The number of benzene rings is 6. The minimum absolute atomic E-state index is 0. The molecule has 145 heavy (non-hydrogen) atoms. The Bertz CT molecular complexity index is 6250. The summed E-state index contributed by atoms with van der Waals surface area (Å²) in [5.41, 5.74) is 4.50. The lowest BCUT2D eigenvalue weighted by Gasteiger charge is -2.62. The fourth-order valence-corrected chi connectivity index (χ4v) is 25.5. The number of methoxy groups -OCH3 is 4. The number of rotatable bonds is 11. The van der Waals surface area contributed by atoms with Gasteiger partial charge in [0.15, 0.2) is 80.1 Å². The number of phenolic OH excluding ortho intramolecular Hbond substituents is 3. The SMILES string of the molecule is C.C.COc1cc2c(cc1OC(=O)OC(C)(C)C)CCN[C@]21CS[C@@H]2c3c(O)c(C)c4c(c3[C@H](COC1=O)N1C2[C@H]2c3c(cc(C)c(OC)c3O)C[C@@H]([C@@H]1C#N)N2C)OCO4.COc1cc2c(cc1OC(=O)OC(C)(C)C)CCN[C@]21CS[C@@H]2c3c(OC(=O)[C@H](C)NC(=O)OC(C)(C)C)c(C)c4c(c3[C@H](COC1=O)N1C2[C@H]2c3c(cc(C)c(OC)c3O)C[C@@H]([C@@H]1C#N)N2C)OCO4.C[C@H](NC(=O)OC(C)(C)C)C(=O)O. The molecule has 41 heteroatoms. The van der Waals surface area contributed by atoms with Crippen molar-refractivity contribution in [2.75, 3.05) is 93.9 Å². The Kier molecular flexibility index (Phi) is 30.4. The molecule has 2 spiro atoms. The summed E-state index contributed by atoms with van der Waals surface area (Å²) in [5.74, 6) is 0.236. The molecule has 8 bridgehead atoms. The van der Waals surface area contributed by atoms with Crippen LogP contribution in [0.25, 0.3) is 0 Å². The molecule has 0 radical (unpaired) electrons. The van der Waals surface area contributed by atoms with Crippen LogP contribution in [-0.4, -0.2) is 253 Å². The van der Waals surface area contributed by atoms with Crippen LogP contribution in [0.1, 0.15) is 235 Å². The number of carbonyl (C=O) groups excluding carboxylic acids is 7. The van der Waals surface area contributed by atoms with Gasteiger partial charge in [-0.2, -0.15) is 10.5 Å². The molecule has 4 saturated heterocycles. The first-order chi connectivity index (χ1) is 67.4. The van der Waals surface area contributed by atoms with E-state index in [9.17, 15) is 59.4 Å². The number of nitriles is 2. The van der Waals surface area contributed by atoms with Crippen molar-refractivity contribution >= 4 is 71.9 Å². The van der Waals surface area contributed by atoms with Gasteiger partial charge in [-0.3, -0.25) is 35.0 Å². The molecule has 2 amide bonds. The van der Waals surface area contributed by atoms with Crippen LogP contribution in [0.3, 0.4) is 0 Å². The number of piperazine rings is 2. The molecular weight excluding hydrogens is 1920 g/mol. The second-order valence-corrected chi connectivity index (χ2v) is 43.9. The molecule has 8 N–H and O–H groups in total. The Morgan fingerprint density at radius 1 is 0.483 bits per heavy atom. The smallest absolute Gasteiger partial charge is 0.507 e. The number of nitrogens with one attached hydrogen (secondary N) is 4. The third-order valence-corrected chi connectivity index (χ3v) is 30.9. The lowest BCUT2D eigenvalue weighted by molar-refractivity contribution is -0.158. The standard InChI is InChI=1S/C51H61N5O14S.C43H48N4O11S.C8H15NO4.2CH4/c1-23-15-27-16-29-30(19-52)56-31-20-64-46(59)51(28-18-32(62-11)33(17-26(28)13-14-53-51)67-48(61)70-50(7,8)9)21-71-44(38(56)37(55(29)10)34(27)39(57)40(23)63-12)36-35(31)43-42(65-22-66-43)24(2)41(36)68-45(58)25(3)54-47(60)69-49(4,5)6;1-19-11-22-12-24-25(15-44)47-26-16-54-40(50)43(23-14-27(52-7)28(13-21(23)9-10-45-43)57-41(51)58-42(3,4)5)17-59-39(31-30(26)38-37(55-18-56-38)20(2)34(31)48)33(47)32(46(24)6)29(22)35(49)36(19)53-8;1-5(6(10)11)9-7(12)13-8(2,3)4;;/h15,17-18,25,29-31,37-38,44,53,57H,13-14,16,20-22H2,1-12H3,(H,54,60);11,13-14,24-26,32-33,39,45,48-49H,9-10,12,16-18H2,1-8H3;5H,1-4H3,(H,9,12)(H,10,11);2*1H4/t25-,29-,30-,31-,37+,38?,44+,51+;24-,25-,26-,32+,33?,39+,43+;5-;;/m000../s1. The molecular formula is C104H132N10O29S2. The van der Waals surface area contributed by atoms with Crippen molar-refractivity contribution in [3.63, 3.8) is 0 Å². The molecule has 0 saturated carbocycles. The minimum atomic E-state index is -1.53. The zero-order valence-corrected chi connectivity index (χ0v) is 86.2. The number of aromatic hydroxyl groups is 3. The van der Waals surface area contributed by atoms with E-state index in [2.05, 4.69) is 53.0 Å². The number of amides is 2. The van der Waals surface area contributed by atoms with Crippen molar-refractivity contribution in [1.82, 2.24) is 40.9 Å². The first kappa shape index (κ1) is 108. The maximum atomic E-state index is 15.2. The molecule has 2 unspecified atom stereocenters. The summed E-state index contributed by atoms with van der Waals surface area (Å²) >= 11 is 2.85. The summed E-state index contributed by atoms with van der Waals surface area (Å²) in [6.45, 7) is 30.9. The normalized spacial score (nSPS) is 25.2. The van der Waals surface area contributed by atoms with Crippen molar-refractivity contribution < 1.29 is 139 Å². The average molecular weight is 2050 g/mol. The van der Waals surface area contributed by atoms with Crippen LogP contribution in [-0.2, 0) is 84.4 Å². The third-order valence-electron chi connectivity index (χ3n) is 27.9. The molecule has 4 fully saturated rings. The molecule has 39 nitrogen and oxygen atoms in total. The molecule has 20 rings (SSSR count). The average Bonchev–Trinajstić information content (AvgIpc) is 1.45. The van der Waals surface area contributed by atoms with Crippen LogP contribution >= 0.6 is 23.5 Å². The number of hydrogen-bond acceptors (Lipinski definition) is 38. The highest BCUT2D eigenvalue weighted by molar-refractivity contribution is 7.99. The highest BCUT2D eigenvalue weighted by Crippen LogP contribution is 2.68. The van der Waals surface area contributed by atoms with Gasteiger partial charge in [0.1, 0.15) is 71.3 Å². The molecule has 16 atom stereocenters. The summed E-state index contributed by atoms with van der Waals surface area (Å²) in [4.78, 5) is 113. The number of esters is 3. The van der Waals surface area contributed by atoms with Crippen molar-refractivity contribution in [2.24, 2.45) is 0 Å². The molecule has 14 aliphatic heterocycles. The lowest BCUT2D eigenvalue weighted by atomic mass is 9.71. The fraction of sp³-hybridized carbons (Fsp3) is 0.558. The van der Waals surface area contributed by atoms with Gasteiger partial charge in [0.2, 0.25) is 13.6 Å². The predicted molar refractivity (Wildman–Crippen MR) is 530 cm³/mol. The van der Waals surface area contributed by atoms with Gasteiger partial charge in [0.05, 0.1) is 75.2 Å². The number of aliphatic carboxylic acids is 1. The van der Waals surface area contributed by atoms with E-state index in [1.165, 1.54) is 65.8 Å². The fourth-order valence-electron chi connectivity index (χ4n) is 22.1. The van der Waals surface area contributed by atoms with Gasteiger partial charge in [-0.25, -0.2) is 33.6 Å². The van der Waals surface area contributed by atoms with Gasteiger partial charge in [0, 0.05) is 93.3 Å². The quantitative estimate of drug-likeness (QED) is 0.0258. The zero-order chi connectivity index (χ0) is 104. The number of carboxylic acids is 1. The number of thioether (sulfide) groups is 2. The van der Waals surface area contributed by atoms with Gasteiger partial charge < -0.3 is 112 Å². The number of nitrogens with zero attached hydrogens (tertiary/aromatic N) is 6. The van der Waals surface area contributed by atoms with Crippen LogP contribution in [0.2, 0.25) is 0 Å². The first-order valence-corrected chi connectivity index (χ1v) is 49.4. The van der Waals surface area contributed by atoms with E-state index in [1.807, 2.05) is 40.1 Å². The van der Waals surface area contributed by atoms with Crippen molar-refractivity contribution in [1.29, 1.82) is 10.5 Å². The van der Waals surface area contributed by atoms with E-state index in [0.717, 1.165) is 27.8 Å². The summed E-state index contributed by atoms with van der Waals surface area (Å²) in [6.07, 6.45) is -1.48. The number of carbonyl (C=O) groups is 8. The summed E-state index contributed by atoms with van der Waals surface area (Å²) in [7, 11) is 9.87. The monoisotopic (exact) mass is 2050 g/mol. The number of alkyl carbamates (subject to hydrolysis) is 2. The number of phenols is 3. The van der Waals surface area contributed by atoms with Gasteiger partial charge in [-0.15, -0.1) is 23.5 Å². The van der Waals surface area contributed by atoms with E-state index in [4.69, 9.17) is 85.6 Å². The maximum Gasteiger partial charge on any atom is 0.514 e. The van der Waals surface area contributed by atoms with Gasteiger partial charge in [-0.05, 0) is 233 Å². The summed E-state index contributed by atoms with van der Waals surface area (Å²) in [6, 6.07) is 7.85. The lowest BCUT2D eigenvalue weighted by Crippen LogP contribution is -2.69. The summed E-state index contributed by atoms with van der Waals surface area (Å²) < 4.78 is 99.8. The van der Waals surface area contributed by atoms with Gasteiger partial charge >= 0.3 is 48.4 Å². The summed E-state index contributed by atoms with van der Waals surface area (Å²) in [5, 5.41) is 78.1. The van der Waals surface area contributed by atoms with Crippen LogP contribution in [0.15, 0.2) is 36.4 Å². The molecule has 0 aromatic heterocycles. The second kappa shape index (κ2) is 40.7. The molecule has 6 aromatic rings. The Morgan fingerprint density at radius 3 is 1.26 bits per heavy atom. The van der Waals surface area contributed by atoms with Gasteiger partial charge in [0.25, 0.3) is 0 Å². The number of likely N-dealkylation sites (N-methyl/N-ethyl adjacent to an activating group) is 2. The first-order valence-electron chi connectivity index (χ1n) is 47.3. The van der Waals surface area contributed by atoms with Crippen molar-refractivity contribution in [3.05, 3.63) is 125 Å². The number of aryl methyl sites for hydroxylation is 2. The number of hydrogen-bond donors (Lipinski definition) is 8. The van der Waals surface area contributed by atoms with Crippen LogP contribution in [0.5, 0.6) is 80.5 Å². The molecule has 784 valence electrons. The van der Waals surface area contributed by atoms with Crippen LogP contribution in [0.4, 0.5) is 19.2 Å². The highest BCUT2D eigenvalue weighted by Gasteiger charge is 2.65. The Balaban J connectivity index is 0.000000204. The van der Waals surface area contributed by atoms with Crippen LogP contribution in [0, 0.1) is 50.4 Å². The zero-order valence-electron chi connectivity index (χ0n) is 84.5. The highest BCUT2D eigenvalue weighted by atomic mass is 32.2. The largest absolute Gasteiger partial charge is 0.514 e. The Morgan fingerprint density at radius 2 is 0.869 bits per heavy atom. The molecule has 6 aromatic carbocycles. The van der Waals surface area contributed by atoms with Crippen LogP contribution < -0.4 is 73.4 Å². The van der Waals surface area contributed by atoms with E-state index >= 15 is 4.79 Å². The van der Waals surface area contributed by atoms with E-state index in [-0.39, 0.29) is 111 Å². The number of carboxylic acid groups (broad SMARTS) is 1. The minimum Gasteiger partial charge on any atom is -0.507 e. The number of fused-ring (bicyclic) bond motifs is 18. The Labute approximate surface area is 851 Å². The topological polar surface area (TPSA) is 483 Å². The second-order valence-electron chi connectivity index (χ2n) is 41.6. The third kappa shape index (κ3) is 19.6. The molecule has 0 aliphatic carbocycles. The van der Waals surface area contributed by atoms with E-state index in [1.54, 1.807) is 121 Å². The van der Waals surface area contributed by atoms with Gasteiger partial charge in [-0.1, -0.05) is 27.0 Å². The molecule has 14 aliphatic rings. The predicted octanol–water partition coefficient (Wildman–Crippen LogP) is 14.1. The molecule has 14 heterocycles. The van der Waals surface area contributed by atoms with Crippen molar-refractivity contribution in [2.45, 2.75) is 282 Å².